The Labute approximate surface area is 135 Å². The minimum atomic E-state index is -0.0485. The summed E-state index contributed by atoms with van der Waals surface area (Å²) in [5.74, 6) is 0.677. The van der Waals surface area contributed by atoms with E-state index in [4.69, 9.17) is 4.52 Å². The fourth-order valence-electron chi connectivity index (χ4n) is 2.77. The Hall–Kier alpha value is -2.62. The molecule has 4 heteroatoms. The maximum absolute atomic E-state index is 12.3. The highest BCUT2D eigenvalue weighted by Crippen LogP contribution is 2.20. The second-order valence-corrected chi connectivity index (χ2v) is 5.88. The molecule has 1 atom stereocenters. The molecule has 0 radical (unpaired) electrons. The minimum Gasteiger partial charge on any atom is -0.361 e. The molecule has 1 aromatic heterocycles. The number of carbonyl (C=O) groups excluding carboxylic acids is 1. The van der Waals surface area contributed by atoms with E-state index in [-0.39, 0.29) is 11.9 Å². The molecule has 0 aliphatic carbocycles. The average molecular weight is 308 g/mol. The van der Waals surface area contributed by atoms with Gasteiger partial charge in [-0.25, -0.2) is 0 Å². The first-order valence-corrected chi connectivity index (χ1v) is 7.74. The van der Waals surface area contributed by atoms with Crippen molar-refractivity contribution < 1.29 is 9.32 Å². The van der Waals surface area contributed by atoms with Crippen molar-refractivity contribution in [3.05, 3.63) is 65.0 Å². The molecule has 23 heavy (non-hydrogen) atoms. The lowest BCUT2D eigenvalue weighted by Gasteiger charge is -2.15. The third-order valence-electron chi connectivity index (χ3n) is 4.17. The maximum atomic E-state index is 12.3. The molecule has 0 saturated heterocycles. The van der Waals surface area contributed by atoms with Crippen LogP contribution in [0.4, 0.5) is 0 Å². The van der Waals surface area contributed by atoms with Crippen LogP contribution >= 0.6 is 0 Å². The number of nitrogens with zero attached hydrogens (tertiary/aromatic N) is 1. The van der Waals surface area contributed by atoms with Crippen LogP contribution < -0.4 is 5.32 Å². The molecule has 3 rings (SSSR count). The van der Waals surface area contributed by atoms with Gasteiger partial charge < -0.3 is 9.84 Å². The molecule has 1 N–H and O–H groups in total. The number of aromatic nitrogens is 1. The summed E-state index contributed by atoms with van der Waals surface area (Å²) in [5.41, 5.74) is 2.74. The summed E-state index contributed by atoms with van der Waals surface area (Å²) in [6, 6.07) is 14.4. The highest BCUT2D eigenvalue weighted by Gasteiger charge is 2.15. The van der Waals surface area contributed by atoms with Crippen LogP contribution in [-0.4, -0.2) is 11.1 Å². The fourth-order valence-corrected chi connectivity index (χ4v) is 2.77. The SMILES string of the molecule is Cc1noc(C)c1CC(=O)N[C@H](C)c1ccc2ccccc2c1. The summed E-state index contributed by atoms with van der Waals surface area (Å²) in [5, 5.41) is 9.31. The molecule has 0 aliphatic heterocycles. The number of hydrogen-bond donors (Lipinski definition) is 1. The first-order chi connectivity index (χ1) is 11.0. The maximum Gasteiger partial charge on any atom is 0.225 e. The molecule has 0 saturated carbocycles. The Bertz CT molecular complexity index is 832. The van der Waals surface area contributed by atoms with Gasteiger partial charge in [-0.15, -0.1) is 0 Å². The third kappa shape index (κ3) is 3.26. The molecule has 0 spiro atoms. The molecule has 0 unspecified atom stereocenters. The van der Waals surface area contributed by atoms with Gasteiger partial charge in [0.05, 0.1) is 18.2 Å². The van der Waals surface area contributed by atoms with Gasteiger partial charge in [-0.1, -0.05) is 41.6 Å². The number of rotatable bonds is 4. The van der Waals surface area contributed by atoms with Crippen LogP contribution in [-0.2, 0) is 11.2 Å². The molecular formula is C19H20N2O2. The van der Waals surface area contributed by atoms with E-state index < -0.39 is 0 Å². The van der Waals surface area contributed by atoms with E-state index in [1.54, 1.807) is 0 Å². The quantitative estimate of drug-likeness (QED) is 0.796. The zero-order chi connectivity index (χ0) is 16.4. The summed E-state index contributed by atoms with van der Waals surface area (Å²) in [6.07, 6.45) is 0.291. The number of benzene rings is 2. The van der Waals surface area contributed by atoms with Crippen molar-refractivity contribution in [1.82, 2.24) is 10.5 Å². The molecule has 3 aromatic rings. The van der Waals surface area contributed by atoms with Gasteiger partial charge in [0.1, 0.15) is 5.76 Å². The van der Waals surface area contributed by atoms with E-state index in [2.05, 4.69) is 40.8 Å². The molecule has 118 valence electrons. The van der Waals surface area contributed by atoms with E-state index in [0.29, 0.717) is 12.2 Å². The number of aryl methyl sites for hydroxylation is 2. The number of hydrogen-bond acceptors (Lipinski definition) is 3. The fraction of sp³-hybridized carbons (Fsp3) is 0.263. The van der Waals surface area contributed by atoms with Gasteiger partial charge in [0.25, 0.3) is 0 Å². The Balaban J connectivity index is 1.72. The van der Waals surface area contributed by atoms with Crippen molar-refractivity contribution >= 4 is 16.7 Å². The normalized spacial score (nSPS) is 12.3. The van der Waals surface area contributed by atoms with Crippen LogP contribution in [0.15, 0.2) is 47.0 Å². The third-order valence-corrected chi connectivity index (χ3v) is 4.17. The van der Waals surface area contributed by atoms with Crippen molar-refractivity contribution in [3.8, 4) is 0 Å². The number of nitrogens with one attached hydrogen (secondary N) is 1. The van der Waals surface area contributed by atoms with Gasteiger partial charge in [0, 0.05) is 5.56 Å². The summed E-state index contributed by atoms with van der Waals surface area (Å²) in [6.45, 7) is 5.68. The second kappa shape index (κ2) is 6.24. The van der Waals surface area contributed by atoms with E-state index >= 15 is 0 Å². The Morgan fingerprint density at radius 1 is 1.17 bits per heavy atom. The van der Waals surface area contributed by atoms with Crippen LogP contribution in [0.5, 0.6) is 0 Å². The van der Waals surface area contributed by atoms with Crippen molar-refractivity contribution in [2.75, 3.05) is 0 Å². The summed E-state index contributed by atoms with van der Waals surface area (Å²) >= 11 is 0. The van der Waals surface area contributed by atoms with Gasteiger partial charge in [-0.05, 0) is 43.2 Å². The van der Waals surface area contributed by atoms with Crippen molar-refractivity contribution in [1.29, 1.82) is 0 Å². The van der Waals surface area contributed by atoms with Crippen LogP contribution in [0.3, 0.4) is 0 Å². The zero-order valence-electron chi connectivity index (χ0n) is 13.6. The van der Waals surface area contributed by atoms with E-state index in [9.17, 15) is 4.79 Å². The molecule has 1 heterocycles. The monoisotopic (exact) mass is 308 g/mol. The van der Waals surface area contributed by atoms with E-state index in [1.807, 2.05) is 32.9 Å². The lowest BCUT2D eigenvalue weighted by molar-refractivity contribution is -0.121. The smallest absolute Gasteiger partial charge is 0.225 e. The number of amides is 1. The number of carbonyl (C=O) groups is 1. The second-order valence-electron chi connectivity index (χ2n) is 5.88. The molecular weight excluding hydrogens is 288 g/mol. The lowest BCUT2D eigenvalue weighted by atomic mass is 10.0. The van der Waals surface area contributed by atoms with Crippen LogP contribution in [0.1, 0.15) is 35.5 Å². The predicted octanol–water partition coefficient (Wildman–Crippen LogP) is 3.86. The predicted molar refractivity (Wildman–Crippen MR) is 90.2 cm³/mol. The molecule has 0 fully saturated rings. The Morgan fingerprint density at radius 3 is 2.61 bits per heavy atom. The standard InChI is InChI=1S/C19H20N2O2/c1-12(16-9-8-15-6-4-5-7-17(15)10-16)20-19(22)11-18-13(2)21-23-14(18)3/h4-10,12H,11H2,1-3H3,(H,20,22)/t12-/m1/s1. The average Bonchev–Trinajstić information content (AvgIpc) is 2.86. The molecule has 2 aromatic carbocycles. The highest BCUT2D eigenvalue weighted by atomic mass is 16.5. The summed E-state index contributed by atoms with van der Waals surface area (Å²) in [4.78, 5) is 12.3. The van der Waals surface area contributed by atoms with E-state index in [1.165, 1.54) is 10.8 Å². The minimum absolute atomic E-state index is 0.0277. The lowest BCUT2D eigenvalue weighted by Crippen LogP contribution is -2.28. The Morgan fingerprint density at radius 2 is 1.91 bits per heavy atom. The first-order valence-electron chi connectivity index (χ1n) is 7.74. The van der Waals surface area contributed by atoms with E-state index in [0.717, 1.165) is 16.8 Å². The van der Waals surface area contributed by atoms with Gasteiger partial charge >= 0.3 is 0 Å². The first kappa shape index (κ1) is 15.3. The van der Waals surface area contributed by atoms with Gasteiger partial charge in [0.2, 0.25) is 5.91 Å². The molecule has 4 nitrogen and oxygen atoms in total. The van der Waals surface area contributed by atoms with Crippen molar-refractivity contribution in [3.63, 3.8) is 0 Å². The van der Waals surface area contributed by atoms with Gasteiger partial charge in [-0.3, -0.25) is 4.79 Å². The van der Waals surface area contributed by atoms with Crippen LogP contribution in [0, 0.1) is 13.8 Å². The van der Waals surface area contributed by atoms with Crippen LogP contribution in [0.25, 0.3) is 10.8 Å². The van der Waals surface area contributed by atoms with Gasteiger partial charge in [0.15, 0.2) is 0 Å². The summed E-state index contributed by atoms with van der Waals surface area (Å²) < 4.78 is 5.10. The zero-order valence-corrected chi connectivity index (χ0v) is 13.6. The Kier molecular flexibility index (Phi) is 4.15. The largest absolute Gasteiger partial charge is 0.361 e. The van der Waals surface area contributed by atoms with Crippen LogP contribution in [0.2, 0.25) is 0 Å². The molecule has 0 aliphatic rings. The highest BCUT2D eigenvalue weighted by molar-refractivity contribution is 5.83. The number of fused-ring (bicyclic) bond motifs is 1. The van der Waals surface area contributed by atoms with Crippen molar-refractivity contribution in [2.45, 2.75) is 33.2 Å². The molecule has 1 amide bonds. The summed E-state index contributed by atoms with van der Waals surface area (Å²) in [7, 11) is 0. The van der Waals surface area contributed by atoms with Crippen molar-refractivity contribution in [2.24, 2.45) is 0 Å². The molecule has 0 bridgehead atoms. The van der Waals surface area contributed by atoms with Gasteiger partial charge in [-0.2, -0.15) is 0 Å². The topological polar surface area (TPSA) is 55.1 Å².